The molecule has 3 aliphatic heterocycles. The smallest absolute Gasteiger partial charge is 0.417 e. The topological polar surface area (TPSA) is 128 Å². The van der Waals surface area contributed by atoms with Crippen LogP contribution in [0.1, 0.15) is 66.4 Å². The molecule has 7 rings (SSSR count). The summed E-state index contributed by atoms with van der Waals surface area (Å²) in [6, 6.07) is 1.74. The molecule has 0 bridgehead atoms. The lowest BCUT2D eigenvalue weighted by molar-refractivity contribution is -0.137. The van der Waals surface area contributed by atoms with E-state index in [0.29, 0.717) is 30.4 Å². The molecule has 12 nitrogen and oxygen atoms in total. The molecule has 2 amide bonds. The molecule has 0 unspecified atom stereocenters. The monoisotopic (exact) mass is 842 g/mol. The maximum absolute atomic E-state index is 17.1. The van der Waals surface area contributed by atoms with Gasteiger partial charge in [-0.25, -0.2) is 32.1 Å². The van der Waals surface area contributed by atoms with Crippen molar-refractivity contribution in [1.29, 1.82) is 0 Å². The van der Waals surface area contributed by atoms with Gasteiger partial charge in [-0.1, -0.05) is 11.3 Å². The number of ether oxygens (including phenoxy) is 4. The Morgan fingerprint density at radius 1 is 0.966 bits per heavy atom. The predicted molar refractivity (Wildman–Crippen MR) is 199 cm³/mol. The number of anilines is 1. The van der Waals surface area contributed by atoms with Gasteiger partial charge in [-0.3, -0.25) is 10.2 Å². The number of fused-ring (bicyclic) bond motifs is 3. The van der Waals surface area contributed by atoms with E-state index in [2.05, 4.69) is 20.3 Å². The van der Waals surface area contributed by atoms with E-state index in [4.69, 9.17) is 18.9 Å². The molecule has 0 aliphatic carbocycles. The second kappa shape index (κ2) is 14.8. The lowest BCUT2D eigenvalue weighted by Gasteiger charge is -2.30. The number of thiazole rings is 1. The van der Waals surface area contributed by atoms with Gasteiger partial charge >= 0.3 is 24.4 Å². The number of nitrogens with one attached hydrogen (secondary N) is 1. The molecule has 3 aliphatic rings. The van der Waals surface area contributed by atoms with Gasteiger partial charge in [0, 0.05) is 24.1 Å². The summed E-state index contributed by atoms with van der Waals surface area (Å²) in [7, 11) is 0. The highest BCUT2D eigenvalue weighted by atomic mass is 32.1. The predicted octanol–water partition coefficient (Wildman–Crippen LogP) is 8.84. The van der Waals surface area contributed by atoms with Crippen molar-refractivity contribution < 1.29 is 59.3 Å². The highest BCUT2D eigenvalue weighted by Crippen LogP contribution is 2.47. The molecule has 4 aromatic rings. The van der Waals surface area contributed by atoms with Crippen LogP contribution in [-0.4, -0.2) is 105 Å². The molecule has 0 saturated carbocycles. The number of benzene rings is 2. The van der Waals surface area contributed by atoms with E-state index in [1.54, 1.807) is 41.5 Å². The summed E-state index contributed by atoms with van der Waals surface area (Å²) in [6.45, 7) is 9.42. The van der Waals surface area contributed by atoms with Crippen molar-refractivity contribution in [3.05, 3.63) is 35.4 Å². The number of alkyl halides is 5. The van der Waals surface area contributed by atoms with Gasteiger partial charge in [0.2, 0.25) is 5.88 Å². The van der Waals surface area contributed by atoms with E-state index in [-0.39, 0.29) is 29.4 Å². The molecule has 314 valence electrons. The SMILES string of the molecule is CC(C)(C)OC(=O)Nc1nc2c(-c3c(C(F)(F)F)cc4c(O[C@H]5CN(C(=O)OC(C)(C)C)C[C@H]5F)nc(OC[C@@]56CCCN5C[C@H](F)C6)nc4c3F)ccc(F)c2s1. The van der Waals surface area contributed by atoms with E-state index >= 15 is 26.3 Å². The van der Waals surface area contributed by atoms with Crippen molar-refractivity contribution in [2.75, 3.05) is 38.1 Å². The average Bonchev–Trinajstić information content (AvgIpc) is 3.85. The summed E-state index contributed by atoms with van der Waals surface area (Å²) in [5.74, 6) is -3.13. The molecule has 3 saturated heterocycles. The van der Waals surface area contributed by atoms with Gasteiger partial charge in [0.05, 0.1) is 39.8 Å². The van der Waals surface area contributed by atoms with Gasteiger partial charge in [0.1, 0.15) is 35.3 Å². The number of carbonyl (C=O) groups is 2. The van der Waals surface area contributed by atoms with Gasteiger partial charge in [0.25, 0.3) is 0 Å². The second-order valence-corrected chi connectivity index (χ2v) is 17.7. The van der Waals surface area contributed by atoms with Crippen LogP contribution in [0, 0.1) is 11.6 Å². The van der Waals surface area contributed by atoms with Gasteiger partial charge in [-0.05, 0) is 79.1 Å². The highest BCUT2D eigenvalue weighted by Gasteiger charge is 2.50. The zero-order chi connectivity index (χ0) is 42.1. The minimum Gasteiger partial charge on any atom is -0.469 e. The van der Waals surface area contributed by atoms with Crippen molar-refractivity contribution >= 4 is 49.8 Å². The fourth-order valence-corrected chi connectivity index (χ4v) is 8.44. The summed E-state index contributed by atoms with van der Waals surface area (Å²) in [5, 5.41) is 1.48. The Bertz CT molecular complexity index is 2260. The standard InChI is InChI=1S/C38H41F7N6O6S/c1-35(2,3)56-33(52)49-32-47-28-19(8-9-22(40)29(28)58-32)25-21(38(43,44)45)12-20-27(26(25)42)46-31(54-17-37-10-7-11-51(37)14-18(39)13-37)48-30(20)55-24-16-50(15-23(24)41)34(53)57-36(4,5)6/h8-9,12,18,23-24H,7,10-11,13-17H2,1-6H3,(H,47,49,52)/t18-,23-,24+,37+/m1/s1. The first-order chi connectivity index (χ1) is 27.0. The summed E-state index contributed by atoms with van der Waals surface area (Å²) in [6.07, 6.45) is -10.1. The van der Waals surface area contributed by atoms with Gasteiger partial charge < -0.3 is 23.8 Å². The summed E-state index contributed by atoms with van der Waals surface area (Å²) >= 11 is 0.593. The van der Waals surface area contributed by atoms with Crippen LogP contribution in [-0.2, 0) is 15.7 Å². The summed E-state index contributed by atoms with van der Waals surface area (Å²) in [5.41, 5.74) is -6.82. The Balaban J connectivity index is 1.35. The van der Waals surface area contributed by atoms with Crippen molar-refractivity contribution in [2.45, 2.75) is 102 Å². The first-order valence-corrected chi connectivity index (χ1v) is 19.3. The number of hydrogen-bond donors (Lipinski definition) is 1. The van der Waals surface area contributed by atoms with Gasteiger partial charge in [-0.2, -0.15) is 23.1 Å². The first-order valence-electron chi connectivity index (χ1n) is 18.5. The van der Waals surface area contributed by atoms with Crippen LogP contribution < -0.4 is 14.8 Å². The van der Waals surface area contributed by atoms with Crippen molar-refractivity contribution in [3.63, 3.8) is 0 Å². The molecule has 2 aromatic heterocycles. The fourth-order valence-electron chi connectivity index (χ4n) is 7.55. The average molecular weight is 843 g/mol. The Morgan fingerprint density at radius 2 is 1.69 bits per heavy atom. The molecule has 0 radical (unpaired) electrons. The van der Waals surface area contributed by atoms with E-state index < -0.39 is 123 Å². The van der Waals surface area contributed by atoms with E-state index in [1.807, 2.05) is 4.90 Å². The number of aromatic nitrogens is 3. The maximum atomic E-state index is 17.1. The normalized spacial score (nSPS) is 22.8. The van der Waals surface area contributed by atoms with Crippen LogP contribution in [0.4, 0.5) is 45.5 Å². The fraction of sp³-hybridized carbons (Fsp3) is 0.553. The van der Waals surface area contributed by atoms with E-state index in [9.17, 15) is 14.0 Å². The molecule has 4 atom stereocenters. The zero-order valence-electron chi connectivity index (χ0n) is 32.4. The number of nitrogens with zero attached hydrogens (tertiary/aromatic N) is 5. The lowest BCUT2D eigenvalue weighted by atomic mass is 9.95. The van der Waals surface area contributed by atoms with Crippen LogP contribution in [0.25, 0.3) is 32.2 Å². The van der Waals surface area contributed by atoms with E-state index in [1.165, 1.54) is 0 Å². The third kappa shape index (κ3) is 8.39. The molecule has 2 aromatic carbocycles. The number of carbonyl (C=O) groups excluding carboxylic acids is 2. The number of halogens is 7. The third-order valence-electron chi connectivity index (χ3n) is 9.90. The minimum absolute atomic E-state index is 0.141. The van der Waals surface area contributed by atoms with Crippen molar-refractivity contribution in [3.8, 4) is 23.0 Å². The Hall–Kier alpha value is -4.72. The number of likely N-dealkylation sites (tertiary alicyclic amines) is 1. The molecule has 3 fully saturated rings. The molecule has 5 heterocycles. The lowest BCUT2D eigenvalue weighted by Crippen LogP contribution is -2.43. The summed E-state index contributed by atoms with van der Waals surface area (Å²) in [4.78, 5) is 40.7. The first kappa shape index (κ1) is 41.4. The summed E-state index contributed by atoms with van der Waals surface area (Å²) < 4.78 is 130. The molecule has 0 spiro atoms. The number of amides is 2. The Labute approximate surface area is 332 Å². The van der Waals surface area contributed by atoms with Crippen LogP contribution in [0.15, 0.2) is 18.2 Å². The number of hydrogen-bond acceptors (Lipinski definition) is 11. The van der Waals surface area contributed by atoms with Gasteiger partial charge in [-0.15, -0.1) is 0 Å². The molecule has 58 heavy (non-hydrogen) atoms. The highest BCUT2D eigenvalue weighted by molar-refractivity contribution is 7.22. The van der Waals surface area contributed by atoms with Crippen LogP contribution in [0.3, 0.4) is 0 Å². The molecule has 1 N–H and O–H groups in total. The third-order valence-corrected chi connectivity index (χ3v) is 10.9. The molecular formula is C38H41F7N6O6S. The van der Waals surface area contributed by atoms with Crippen LogP contribution in [0.5, 0.6) is 11.9 Å². The second-order valence-electron chi connectivity index (χ2n) is 16.7. The Kier molecular flexibility index (Phi) is 10.6. The van der Waals surface area contributed by atoms with Crippen LogP contribution in [0.2, 0.25) is 0 Å². The van der Waals surface area contributed by atoms with Crippen molar-refractivity contribution in [2.24, 2.45) is 0 Å². The van der Waals surface area contributed by atoms with Crippen LogP contribution >= 0.6 is 11.3 Å². The zero-order valence-corrected chi connectivity index (χ0v) is 33.2. The number of rotatable bonds is 7. The Morgan fingerprint density at radius 3 is 2.38 bits per heavy atom. The maximum Gasteiger partial charge on any atom is 0.417 e. The van der Waals surface area contributed by atoms with Gasteiger partial charge in [0.15, 0.2) is 23.2 Å². The quantitative estimate of drug-likeness (QED) is 0.180. The minimum atomic E-state index is -5.26. The van der Waals surface area contributed by atoms with E-state index in [0.717, 1.165) is 23.5 Å². The van der Waals surface area contributed by atoms with Crippen molar-refractivity contribution in [1.82, 2.24) is 24.8 Å². The largest absolute Gasteiger partial charge is 0.469 e. The molecule has 20 heteroatoms. The molecular weight excluding hydrogens is 802 g/mol.